The van der Waals surface area contributed by atoms with Crippen LogP contribution in [0, 0.1) is 0 Å². The minimum absolute atomic E-state index is 0.476. The number of hydrogen-bond donors (Lipinski definition) is 3. The van der Waals surface area contributed by atoms with E-state index in [1.165, 1.54) is 0 Å². The quantitative estimate of drug-likeness (QED) is 0.682. The van der Waals surface area contributed by atoms with Gasteiger partial charge in [0.25, 0.3) is 5.91 Å². The highest BCUT2D eigenvalue weighted by molar-refractivity contribution is 9.10. The van der Waals surface area contributed by atoms with E-state index in [1.807, 2.05) is 6.07 Å². The first-order valence-electron chi connectivity index (χ1n) is 6.31. The number of aliphatic hydroxyl groups excluding tert-OH is 1. The molecule has 0 saturated heterocycles. The summed E-state index contributed by atoms with van der Waals surface area (Å²) in [6, 6.07) is 12.4. The van der Waals surface area contributed by atoms with Gasteiger partial charge in [0, 0.05) is 15.5 Å². The van der Waals surface area contributed by atoms with Crippen LogP contribution in [0.3, 0.4) is 0 Å². The number of rotatable bonds is 3. The Morgan fingerprint density at radius 1 is 1.24 bits per heavy atom. The number of carbonyl (C=O) groups is 1. The lowest BCUT2D eigenvalue weighted by molar-refractivity contribution is -0.124. The highest BCUT2D eigenvalue weighted by atomic mass is 79.9. The van der Waals surface area contributed by atoms with Crippen LogP contribution < -0.4 is 5.32 Å². The summed E-state index contributed by atoms with van der Waals surface area (Å²) < 4.78 is 0.892. The van der Waals surface area contributed by atoms with Crippen LogP contribution in [0.4, 0.5) is 5.69 Å². The lowest BCUT2D eigenvalue weighted by Crippen LogP contribution is -2.20. The first kappa shape index (κ1) is 13.8. The van der Waals surface area contributed by atoms with Crippen LogP contribution in [-0.2, 0) is 4.79 Å². The molecular formula is C15H12BrN3O2. The molecule has 0 fully saturated rings. The van der Waals surface area contributed by atoms with Gasteiger partial charge in [-0.15, -0.1) is 0 Å². The van der Waals surface area contributed by atoms with E-state index in [0.717, 1.165) is 15.4 Å². The second kappa shape index (κ2) is 5.67. The summed E-state index contributed by atoms with van der Waals surface area (Å²) in [5, 5.41) is 20.5. The predicted octanol–water partition coefficient (Wildman–Crippen LogP) is 3.00. The minimum Gasteiger partial charge on any atom is -0.378 e. The number of aliphatic hydroxyl groups is 1. The van der Waals surface area contributed by atoms with Crippen molar-refractivity contribution in [3.63, 3.8) is 0 Å². The van der Waals surface area contributed by atoms with Crippen LogP contribution in [0.15, 0.2) is 53.1 Å². The van der Waals surface area contributed by atoms with Gasteiger partial charge in [-0.25, -0.2) is 0 Å². The SMILES string of the molecule is O=C(Nc1ccc2cn[nH]c2c1)C(O)c1ccc(Br)cc1. The van der Waals surface area contributed by atoms with Crippen molar-refractivity contribution in [3.8, 4) is 0 Å². The number of hydrogen-bond acceptors (Lipinski definition) is 3. The largest absolute Gasteiger partial charge is 0.378 e. The Labute approximate surface area is 129 Å². The third-order valence-electron chi connectivity index (χ3n) is 3.14. The van der Waals surface area contributed by atoms with E-state index >= 15 is 0 Å². The third kappa shape index (κ3) is 2.96. The zero-order valence-electron chi connectivity index (χ0n) is 10.9. The number of anilines is 1. The number of aromatic amines is 1. The molecule has 3 N–H and O–H groups in total. The number of aromatic nitrogens is 2. The predicted molar refractivity (Wildman–Crippen MR) is 83.8 cm³/mol. The maximum absolute atomic E-state index is 12.1. The summed E-state index contributed by atoms with van der Waals surface area (Å²) >= 11 is 3.31. The van der Waals surface area contributed by atoms with E-state index in [4.69, 9.17) is 0 Å². The molecule has 1 unspecified atom stereocenters. The van der Waals surface area contributed by atoms with Crippen molar-refractivity contribution in [2.24, 2.45) is 0 Å². The molecule has 1 aromatic heterocycles. The fraction of sp³-hybridized carbons (Fsp3) is 0.0667. The van der Waals surface area contributed by atoms with Crippen molar-refractivity contribution in [3.05, 3.63) is 58.7 Å². The second-order valence-electron chi connectivity index (χ2n) is 4.62. The maximum atomic E-state index is 12.1. The first-order chi connectivity index (χ1) is 10.1. The van der Waals surface area contributed by atoms with Crippen molar-refractivity contribution in [1.29, 1.82) is 0 Å². The summed E-state index contributed by atoms with van der Waals surface area (Å²) in [6.45, 7) is 0. The Morgan fingerprint density at radius 2 is 2.00 bits per heavy atom. The van der Waals surface area contributed by atoms with Gasteiger partial charge in [0.2, 0.25) is 0 Å². The van der Waals surface area contributed by atoms with Crippen LogP contribution in [0.5, 0.6) is 0 Å². The third-order valence-corrected chi connectivity index (χ3v) is 3.67. The smallest absolute Gasteiger partial charge is 0.257 e. The van der Waals surface area contributed by atoms with Gasteiger partial charge in [-0.2, -0.15) is 5.10 Å². The molecule has 1 heterocycles. The van der Waals surface area contributed by atoms with Gasteiger partial charge in [0.05, 0.1) is 11.7 Å². The lowest BCUT2D eigenvalue weighted by Gasteiger charge is -2.12. The minimum atomic E-state index is -1.21. The van der Waals surface area contributed by atoms with Gasteiger partial charge in [-0.05, 0) is 35.9 Å². The van der Waals surface area contributed by atoms with Gasteiger partial charge >= 0.3 is 0 Å². The van der Waals surface area contributed by atoms with E-state index < -0.39 is 12.0 Å². The summed E-state index contributed by atoms with van der Waals surface area (Å²) in [6.07, 6.45) is 0.494. The van der Waals surface area contributed by atoms with Gasteiger partial charge in [-0.3, -0.25) is 9.89 Å². The number of halogens is 1. The standard InChI is InChI=1S/C15H12BrN3O2/c16-11-4-1-9(2-5-11)14(20)15(21)18-12-6-3-10-8-17-19-13(10)7-12/h1-8,14,20H,(H,17,19)(H,18,21). The molecule has 1 atom stereocenters. The molecule has 3 aromatic rings. The lowest BCUT2D eigenvalue weighted by atomic mass is 10.1. The molecule has 5 nitrogen and oxygen atoms in total. The van der Waals surface area contributed by atoms with Crippen LogP contribution in [0.1, 0.15) is 11.7 Å². The van der Waals surface area contributed by atoms with E-state index in [2.05, 4.69) is 31.4 Å². The fourth-order valence-corrected chi connectivity index (χ4v) is 2.29. The Kier molecular flexibility index (Phi) is 3.72. The molecule has 0 spiro atoms. The number of H-pyrrole nitrogens is 1. The van der Waals surface area contributed by atoms with Crippen molar-refractivity contribution < 1.29 is 9.90 Å². The monoisotopic (exact) mass is 345 g/mol. The number of fused-ring (bicyclic) bond motifs is 1. The van der Waals surface area contributed by atoms with Crippen LogP contribution in [0.2, 0.25) is 0 Å². The topological polar surface area (TPSA) is 78.0 Å². The van der Waals surface area contributed by atoms with Gasteiger partial charge in [0.1, 0.15) is 0 Å². The van der Waals surface area contributed by atoms with Crippen molar-refractivity contribution in [2.45, 2.75) is 6.10 Å². The maximum Gasteiger partial charge on any atom is 0.257 e. The molecule has 0 aliphatic carbocycles. The highest BCUT2D eigenvalue weighted by Crippen LogP contribution is 2.20. The van der Waals surface area contributed by atoms with Crippen molar-refractivity contribution in [1.82, 2.24) is 10.2 Å². The van der Waals surface area contributed by atoms with E-state index in [1.54, 1.807) is 42.6 Å². The van der Waals surface area contributed by atoms with E-state index in [-0.39, 0.29) is 0 Å². The molecule has 0 radical (unpaired) electrons. The van der Waals surface area contributed by atoms with Crippen LogP contribution >= 0.6 is 15.9 Å². The molecule has 0 aliphatic rings. The molecule has 1 amide bonds. The Morgan fingerprint density at radius 3 is 2.76 bits per heavy atom. The second-order valence-corrected chi connectivity index (χ2v) is 5.53. The number of benzene rings is 2. The fourth-order valence-electron chi connectivity index (χ4n) is 2.02. The van der Waals surface area contributed by atoms with E-state index in [0.29, 0.717) is 11.3 Å². The molecule has 6 heteroatoms. The van der Waals surface area contributed by atoms with Gasteiger partial charge in [0.15, 0.2) is 6.10 Å². The summed E-state index contributed by atoms with van der Waals surface area (Å²) in [5.74, 6) is -0.476. The Hall–Kier alpha value is -2.18. The number of nitrogens with one attached hydrogen (secondary N) is 2. The molecule has 3 rings (SSSR count). The summed E-state index contributed by atoms with van der Waals surface area (Å²) in [7, 11) is 0. The molecule has 2 aromatic carbocycles. The summed E-state index contributed by atoms with van der Waals surface area (Å²) in [4.78, 5) is 12.1. The highest BCUT2D eigenvalue weighted by Gasteiger charge is 2.17. The summed E-state index contributed by atoms with van der Waals surface area (Å²) in [5.41, 5.74) is 1.97. The van der Waals surface area contributed by atoms with Crippen molar-refractivity contribution in [2.75, 3.05) is 5.32 Å². The Balaban J connectivity index is 1.77. The Bertz CT molecular complexity index is 783. The van der Waals surface area contributed by atoms with Gasteiger partial charge < -0.3 is 10.4 Å². The average Bonchev–Trinajstić information content (AvgIpc) is 2.95. The number of nitrogens with zero attached hydrogens (tertiary/aromatic N) is 1. The molecule has 106 valence electrons. The van der Waals surface area contributed by atoms with E-state index in [9.17, 15) is 9.90 Å². The molecule has 0 aliphatic heterocycles. The van der Waals surface area contributed by atoms with Crippen LogP contribution in [0.25, 0.3) is 10.9 Å². The normalized spacial score (nSPS) is 12.3. The zero-order valence-corrected chi connectivity index (χ0v) is 12.5. The molecule has 0 bridgehead atoms. The van der Waals surface area contributed by atoms with Crippen molar-refractivity contribution >= 4 is 38.4 Å². The van der Waals surface area contributed by atoms with Gasteiger partial charge in [-0.1, -0.05) is 28.1 Å². The number of carbonyl (C=O) groups excluding carboxylic acids is 1. The van der Waals surface area contributed by atoms with Crippen LogP contribution in [-0.4, -0.2) is 21.2 Å². The molecule has 0 saturated carbocycles. The number of amides is 1. The first-order valence-corrected chi connectivity index (χ1v) is 7.10. The average molecular weight is 346 g/mol. The zero-order chi connectivity index (χ0) is 14.8. The molecule has 21 heavy (non-hydrogen) atoms. The molecular weight excluding hydrogens is 334 g/mol.